The van der Waals surface area contributed by atoms with Crippen LogP contribution in [0.1, 0.15) is 21.5 Å². The maximum absolute atomic E-state index is 10.7. The number of hydrogen-bond donors (Lipinski definition) is 0. The van der Waals surface area contributed by atoms with Crippen molar-refractivity contribution in [1.82, 2.24) is 0 Å². The van der Waals surface area contributed by atoms with Crippen molar-refractivity contribution >= 4 is 6.29 Å². The summed E-state index contributed by atoms with van der Waals surface area (Å²) in [6.07, 6.45) is 0.698. The number of carbonyl (C=O) groups is 1. The summed E-state index contributed by atoms with van der Waals surface area (Å²) in [5.74, 6) is 1.04. The zero-order valence-corrected chi connectivity index (χ0v) is 11.0. The van der Waals surface area contributed by atoms with Crippen LogP contribution < -0.4 is 4.74 Å². The van der Waals surface area contributed by atoms with Gasteiger partial charge in [0.1, 0.15) is 23.9 Å². The quantitative estimate of drug-likeness (QED) is 0.780. The number of aldehydes is 1. The Balaban J connectivity index is 2.28. The number of nitriles is 1. The predicted octanol–water partition coefficient (Wildman–Crippen LogP) is 3.31. The van der Waals surface area contributed by atoms with E-state index in [0.29, 0.717) is 35.5 Å². The summed E-state index contributed by atoms with van der Waals surface area (Å²) in [5, 5.41) is 9.09. The Bertz CT molecular complexity index is 659. The molecule has 0 radical (unpaired) electrons. The molecule has 2 aromatic carbocycles. The first-order valence-corrected chi connectivity index (χ1v) is 6.02. The number of rotatable bonds is 5. The molecule has 2 aromatic rings. The van der Waals surface area contributed by atoms with Crippen LogP contribution in [0.5, 0.6) is 11.5 Å². The minimum absolute atomic E-state index is 0.326. The van der Waals surface area contributed by atoms with E-state index in [4.69, 9.17) is 14.7 Å². The van der Waals surface area contributed by atoms with E-state index in [1.54, 1.807) is 25.3 Å². The van der Waals surface area contributed by atoms with E-state index >= 15 is 0 Å². The number of nitrogens with zero attached hydrogens (tertiary/aromatic N) is 1. The normalized spacial score (nSPS) is 9.80. The summed E-state index contributed by atoms with van der Waals surface area (Å²) in [6.45, 7) is 0.492. The van der Waals surface area contributed by atoms with Crippen molar-refractivity contribution < 1.29 is 14.3 Å². The maximum atomic E-state index is 10.7. The van der Waals surface area contributed by atoms with Crippen LogP contribution in [-0.2, 0) is 11.3 Å². The second-order valence-corrected chi connectivity index (χ2v) is 4.17. The summed E-state index contributed by atoms with van der Waals surface area (Å²) in [6, 6.07) is 14.2. The molecule has 0 aromatic heterocycles. The van der Waals surface area contributed by atoms with Gasteiger partial charge in [0.15, 0.2) is 0 Å². The molecule has 0 heterocycles. The van der Waals surface area contributed by atoms with Crippen LogP contribution in [0.2, 0.25) is 0 Å². The highest BCUT2D eigenvalue weighted by Crippen LogP contribution is 2.26. The minimum atomic E-state index is 0.326. The van der Waals surface area contributed by atoms with Crippen molar-refractivity contribution in [2.24, 2.45) is 0 Å². The van der Waals surface area contributed by atoms with Crippen LogP contribution in [0.4, 0.5) is 0 Å². The summed E-state index contributed by atoms with van der Waals surface area (Å²) in [4.78, 5) is 10.7. The molecule has 0 aliphatic rings. The molecule has 0 N–H and O–H groups in total. The van der Waals surface area contributed by atoms with Gasteiger partial charge in [-0.25, -0.2) is 0 Å². The molecule has 0 atom stereocenters. The molecule has 4 nitrogen and oxygen atoms in total. The van der Waals surface area contributed by atoms with Crippen LogP contribution in [0.25, 0.3) is 0 Å². The van der Waals surface area contributed by atoms with E-state index in [1.165, 1.54) is 6.07 Å². The van der Waals surface area contributed by atoms with Gasteiger partial charge in [-0.3, -0.25) is 4.79 Å². The number of ether oxygens (including phenoxy) is 2. The number of methoxy groups -OCH3 is 1. The molecule has 0 fully saturated rings. The van der Waals surface area contributed by atoms with Gasteiger partial charge >= 0.3 is 0 Å². The molecule has 0 saturated heterocycles. The van der Waals surface area contributed by atoms with Crippen LogP contribution in [-0.4, -0.2) is 13.4 Å². The van der Waals surface area contributed by atoms with Crippen molar-refractivity contribution in [3.05, 3.63) is 59.2 Å². The zero-order valence-electron chi connectivity index (χ0n) is 11.0. The third-order valence-electron chi connectivity index (χ3n) is 2.70. The second kappa shape index (κ2) is 6.50. The van der Waals surface area contributed by atoms with Crippen molar-refractivity contribution in [2.75, 3.05) is 7.11 Å². The summed E-state index contributed by atoms with van der Waals surface area (Å²) in [5.41, 5.74) is 1.75. The van der Waals surface area contributed by atoms with E-state index in [0.717, 1.165) is 5.56 Å². The van der Waals surface area contributed by atoms with Crippen molar-refractivity contribution in [3.8, 4) is 17.6 Å². The van der Waals surface area contributed by atoms with Gasteiger partial charge in [-0.05, 0) is 35.9 Å². The van der Waals surface area contributed by atoms with Gasteiger partial charge in [-0.15, -0.1) is 0 Å². The molecular weight excluding hydrogens is 254 g/mol. The fourth-order valence-corrected chi connectivity index (χ4v) is 1.79. The second-order valence-electron chi connectivity index (χ2n) is 4.17. The van der Waals surface area contributed by atoms with E-state index in [2.05, 4.69) is 0 Å². The SMILES string of the molecule is COCc1cccc(Oc2ccc(C=O)cc2C#N)c1. The lowest BCUT2D eigenvalue weighted by atomic mass is 10.1. The summed E-state index contributed by atoms with van der Waals surface area (Å²) >= 11 is 0. The first kappa shape index (κ1) is 13.8. The van der Waals surface area contributed by atoms with Gasteiger partial charge in [0.2, 0.25) is 0 Å². The number of hydrogen-bond acceptors (Lipinski definition) is 4. The van der Waals surface area contributed by atoms with Gasteiger partial charge in [0.05, 0.1) is 12.2 Å². The van der Waals surface area contributed by atoms with Crippen molar-refractivity contribution in [1.29, 1.82) is 5.26 Å². The van der Waals surface area contributed by atoms with Gasteiger partial charge in [0.25, 0.3) is 0 Å². The highest BCUT2D eigenvalue weighted by atomic mass is 16.5. The predicted molar refractivity (Wildman–Crippen MR) is 73.8 cm³/mol. The standard InChI is InChI=1S/C16H13NO3/c1-19-11-13-3-2-4-15(8-13)20-16-6-5-12(10-18)7-14(16)9-17/h2-8,10H,11H2,1H3. The number of carbonyl (C=O) groups excluding carboxylic acids is 1. The molecule has 2 rings (SSSR count). The fraction of sp³-hybridized carbons (Fsp3) is 0.125. The summed E-state index contributed by atoms with van der Waals surface area (Å²) in [7, 11) is 1.62. The molecule has 0 aliphatic heterocycles. The van der Waals surface area contributed by atoms with E-state index in [9.17, 15) is 4.79 Å². The van der Waals surface area contributed by atoms with Gasteiger partial charge in [0, 0.05) is 12.7 Å². The van der Waals surface area contributed by atoms with Crippen LogP contribution in [0.15, 0.2) is 42.5 Å². The third kappa shape index (κ3) is 3.22. The molecule has 0 bridgehead atoms. The molecule has 0 saturated carbocycles. The van der Waals surface area contributed by atoms with E-state index in [1.807, 2.05) is 24.3 Å². The Labute approximate surface area is 117 Å². The highest BCUT2D eigenvalue weighted by molar-refractivity contribution is 5.76. The lowest BCUT2D eigenvalue weighted by Gasteiger charge is -2.09. The fourth-order valence-electron chi connectivity index (χ4n) is 1.79. The Hall–Kier alpha value is -2.64. The zero-order chi connectivity index (χ0) is 14.4. The molecule has 20 heavy (non-hydrogen) atoms. The molecule has 100 valence electrons. The van der Waals surface area contributed by atoms with Crippen LogP contribution in [0.3, 0.4) is 0 Å². The van der Waals surface area contributed by atoms with E-state index in [-0.39, 0.29) is 0 Å². The average Bonchev–Trinajstić information content (AvgIpc) is 2.48. The Morgan fingerprint density at radius 3 is 2.80 bits per heavy atom. The van der Waals surface area contributed by atoms with E-state index < -0.39 is 0 Å². The average molecular weight is 267 g/mol. The van der Waals surface area contributed by atoms with Crippen molar-refractivity contribution in [3.63, 3.8) is 0 Å². The molecule has 0 amide bonds. The van der Waals surface area contributed by atoms with Crippen LogP contribution >= 0.6 is 0 Å². The minimum Gasteiger partial charge on any atom is -0.456 e. The van der Waals surface area contributed by atoms with Gasteiger partial charge < -0.3 is 9.47 Å². The van der Waals surface area contributed by atoms with Gasteiger partial charge in [-0.1, -0.05) is 12.1 Å². The molecule has 4 heteroatoms. The van der Waals surface area contributed by atoms with Gasteiger partial charge in [-0.2, -0.15) is 5.26 Å². The smallest absolute Gasteiger partial charge is 0.150 e. The molecule has 0 aliphatic carbocycles. The lowest BCUT2D eigenvalue weighted by Crippen LogP contribution is -1.92. The summed E-state index contributed by atoms with van der Waals surface area (Å²) < 4.78 is 10.8. The Morgan fingerprint density at radius 1 is 1.25 bits per heavy atom. The highest BCUT2D eigenvalue weighted by Gasteiger charge is 2.06. The third-order valence-corrected chi connectivity index (χ3v) is 2.70. The topological polar surface area (TPSA) is 59.3 Å². The monoisotopic (exact) mass is 267 g/mol. The largest absolute Gasteiger partial charge is 0.456 e. The van der Waals surface area contributed by atoms with Crippen LogP contribution in [0, 0.1) is 11.3 Å². The van der Waals surface area contributed by atoms with Crippen molar-refractivity contribution in [2.45, 2.75) is 6.61 Å². The molecule has 0 unspecified atom stereocenters. The number of benzene rings is 2. The lowest BCUT2D eigenvalue weighted by molar-refractivity contribution is 0.112. The Kier molecular flexibility index (Phi) is 4.48. The molecule has 0 spiro atoms. The first-order chi connectivity index (χ1) is 9.76. The maximum Gasteiger partial charge on any atom is 0.150 e. The molecular formula is C16H13NO3. The Morgan fingerprint density at radius 2 is 2.10 bits per heavy atom. The first-order valence-electron chi connectivity index (χ1n) is 6.02.